The maximum Gasteiger partial charge on any atom is 0.321 e. The van der Waals surface area contributed by atoms with Crippen molar-refractivity contribution < 1.29 is 19.4 Å². The number of pyridine rings is 1. The number of carboxylic acids is 1. The fourth-order valence-electron chi connectivity index (χ4n) is 1.58. The summed E-state index contributed by atoms with van der Waals surface area (Å²) in [5.41, 5.74) is 0.504. The molecule has 0 aliphatic heterocycles. The molecule has 0 aliphatic carbocycles. The van der Waals surface area contributed by atoms with E-state index >= 15 is 0 Å². The molecular formula is C15H22N2O4S. The fraction of sp³-hybridized carbons (Fsp3) is 0.533. The van der Waals surface area contributed by atoms with Crippen LogP contribution in [0.4, 0.5) is 0 Å². The maximum atomic E-state index is 11.6. The number of carboxylic acid groups (broad SMARTS) is 1. The van der Waals surface area contributed by atoms with E-state index in [2.05, 4.69) is 10.3 Å². The number of ether oxygens (including phenoxy) is 1. The Morgan fingerprint density at radius 1 is 1.36 bits per heavy atom. The number of carbonyl (C=O) groups is 2. The molecule has 0 saturated heterocycles. The molecule has 2 N–H and O–H groups in total. The summed E-state index contributed by atoms with van der Waals surface area (Å²) >= 11 is 1.48. The van der Waals surface area contributed by atoms with E-state index in [1.165, 1.54) is 11.8 Å². The Morgan fingerprint density at radius 2 is 2.00 bits per heavy atom. The van der Waals surface area contributed by atoms with Crippen molar-refractivity contribution in [3.8, 4) is 0 Å². The van der Waals surface area contributed by atoms with Gasteiger partial charge >= 0.3 is 11.9 Å². The summed E-state index contributed by atoms with van der Waals surface area (Å²) in [6.07, 6.45) is 3.40. The first-order valence-electron chi connectivity index (χ1n) is 6.92. The van der Waals surface area contributed by atoms with Gasteiger partial charge < -0.3 is 9.84 Å². The van der Waals surface area contributed by atoms with Crippen LogP contribution >= 0.6 is 11.8 Å². The van der Waals surface area contributed by atoms with Crippen molar-refractivity contribution in [1.29, 1.82) is 0 Å². The number of esters is 1. The molecule has 0 amide bonds. The van der Waals surface area contributed by atoms with Crippen LogP contribution in [-0.4, -0.2) is 46.0 Å². The van der Waals surface area contributed by atoms with Crippen LogP contribution in [0.2, 0.25) is 0 Å². The number of rotatable bonds is 8. The minimum Gasteiger partial charge on any atom is -0.480 e. The van der Waals surface area contributed by atoms with Gasteiger partial charge in [0.15, 0.2) is 0 Å². The summed E-state index contributed by atoms with van der Waals surface area (Å²) in [5, 5.41) is 11.9. The highest BCUT2D eigenvalue weighted by atomic mass is 32.2. The van der Waals surface area contributed by atoms with Crippen LogP contribution in [0.5, 0.6) is 0 Å². The molecule has 7 heteroatoms. The van der Waals surface area contributed by atoms with Crippen LogP contribution in [0, 0.1) is 0 Å². The zero-order valence-electron chi connectivity index (χ0n) is 13.0. The highest BCUT2D eigenvalue weighted by Crippen LogP contribution is 2.12. The van der Waals surface area contributed by atoms with Gasteiger partial charge in [-0.05, 0) is 38.5 Å². The molecule has 6 nitrogen and oxygen atoms in total. The van der Waals surface area contributed by atoms with Crippen molar-refractivity contribution >= 4 is 23.7 Å². The maximum absolute atomic E-state index is 11.6. The standard InChI is InChI=1S/C15H22N2O4S/c1-15(2,3)21-13(18)8-17-12(14(19)20)10-22-9-11-4-6-16-7-5-11/h4-7,12,17H,8-10H2,1-3H3,(H,19,20)/t12-/m0/s1. The molecule has 0 bridgehead atoms. The predicted molar refractivity (Wildman–Crippen MR) is 85.7 cm³/mol. The lowest BCUT2D eigenvalue weighted by Gasteiger charge is -2.20. The van der Waals surface area contributed by atoms with Crippen LogP contribution < -0.4 is 5.32 Å². The number of aliphatic carboxylic acids is 1. The average molecular weight is 326 g/mol. The molecule has 0 aromatic carbocycles. The van der Waals surface area contributed by atoms with Gasteiger partial charge in [-0.2, -0.15) is 11.8 Å². The monoisotopic (exact) mass is 326 g/mol. The summed E-state index contributed by atoms with van der Waals surface area (Å²) in [6.45, 7) is 5.18. The highest BCUT2D eigenvalue weighted by molar-refractivity contribution is 7.98. The normalized spacial score (nSPS) is 12.7. The zero-order chi connectivity index (χ0) is 16.6. The van der Waals surface area contributed by atoms with Crippen molar-refractivity contribution in [2.45, 2.75) is 38.2 Å². The molecule has 0 aliphatic rings. The highest BCUT2D eigenvalue weighted by Gasteiger charge is 2.21. The topological polar surface area (TPSA) is 88.5 Å². The van der Waals surface area contributed by atoms with E-state index in [4.69, 9.17) is 4.74 Å². The van der Waals surface area contributed by atoms with E-state index in [-0.39, 0.29) is 6.54 Å². The van der Waals surface area contributed by atoms with Gasteiger partial charge in [0, 0.05) is 23.9 Å². The second-order valence-corrected chi connectivity index (χ2v) is 6.76. The number of nitrogens with zero attached hydrogens (tertiary/aromatic N) is 1. The SMILES string of the molecule is CC(C)(C)OC(=O)CN[C@@H](CSCc1ccncc1)C(=O)O. The van der Waals surface area contributed by atoms with Crippen LogP contribution in [0.3, 0.4) is 0 Å². The van der Waals surface area contributed by atoms with Gasteiger partial charge in [0.1, 0.15) is 11.6 Å². The van der Waals surface area contributed by atoms with E-state index in [1.54, 1.807) is 33.2 Å². The Labute approximate surface area is 134 Å². The lowest BCUT2D eigenvalue weighted by molar-refractivity contribution is -0.153. The van der Waals surface area contributed by atoms with Crippen LogP contribution in [0.25, 0.3) is 0 Å². The molecule has 1 atom stereocenters. The van der Waals surface area contributed by atoms with E-state index in [1.807, 2.05) is 12.1 Å². The van der Waals surface area contributed by atoms with Gasteiger partial charge in [0.25, 0.3) is 0 Å². The Bertz CT molecular complexity index is 488. The summed E-state index contributed by atoms with van der Waals surface area (Å²) in [5.74, 6) is -0.385. The molecule has 1 heterocycles. The molecule has 1 aromatic heterocycles. The van der Waals surface area contributed by atoms with Gasteiger partial charge in [0.2, 0.25) is 0 Å². The van der Waals surface area contributed by atoms with Crippen molar-refractivity contribution in [3.63, 3.8) is 0 Å². The average Bonchev–Trinajstić information content (AvgIpc) is 2.41. The van der Waals surface area contributed by atoms with E-state index in [0.29, 0.717) is 11.5 Å². The Morgan fingerprint density at radius 3 is 2.55 bits per heavy atom. The van der Waals surface area contributed by atoms with Crippen molar-refractivity contribution in [1.82, 2.24) is 10.3 Å². The molecule has 22 heavy (non-hydrogen) atoms. The van der Waals surface area contributed by atoms with E-state index in [0.717, 1.165) is 5.56 Å². The summed E-state index contributed by atoms with van der Waals surface area (Å²) < 4.78 is 5.13. The third-order valence-corrected chi connectivity index (χ3v) is 3.62. The molecular weight excluding hydrogens is 304 g/mol. The minimum atomic E-state index is -0.981. The zero-order valence-corrected chi connectivity index (χ0v) is 13.9. The summed E-state index contributed by atoms with van der Waals surface area (Å²) in [4.78, 5) is 26.7. The molecule has 1 rings (SSSR count). The smallest absolute Gasteiger partial charge is 0.321 e. The second kappa shape index (κ2) is 8.75. The first kappa shape index (κ1) is 18.4. The van der Waals surface area contributed by atoms with Crippen molar-refractivity contribution in [2.75, 3.05) is 12.3 Å². The minimum absolute atomic E-state index is 0.121. The van der Waals surface area contributed by atoms with Crippen LogP contribution in [0.15, 0.2) is 24.5 Å². The van der Waals surface area contributed by atoms with Gasteiger partial charge in [-0.1, -0.05) is 0 Å². The second-order valence-electron chi connectivity index (χ2n) is 5.73. The molecule has 122 valence electrons. The van der Waals surface area contributed by atoms with E-state index in [9.17, 15) is 14.7 Å². The number of aromatic nitrogens is 1. The van der Waals surface area contributed by atoms with Crippen LogP contribution in [0.1, 0.15) is 26.3 Å². The third-order valence-electron chi connectivity index (χ3n) is 2.51. The summed E-state index contributed by atoms with van der Waals surface area (Å²) in [6, 6.07) is 2.98. The Kier molecular flexibility index (Phi) is 7.34. The van der Waals surface area contributed by atoms with Crippen LogP contribution in [-0.2, 0) is 20.1 Å². The fourth-order valence-corrected chi connectivity index (χ4v) is 2.62. The molecule has 0 fully saturated rings. The molecule has 1 aromatic rings. The number of nitrogens with one attached hydrogen (secondary N) is 1. The third kappa shape index (κ3) is 7.99. The lowest BCUT2D eigenvalue weighted by Crippen LogP contribution is -2.43. The van der Waals surface area contributed by atoms with E-state index < -0.39 is 23.6 Å². The van der Waals surface area contributed by atoms with Crippen molar-refractivity contribution in [3.05, 3.63) is 30.1 Å². The van der Waals surface area contributed by atoms with Crippen molar-refractivity contribution in [2.24, 2.45) is 0 Å². The molecule has 0 radical (unpaired) electrons. The number of hydrogen-bond acceptors (Lipinski definition) is 6. The number of thioether (sulfide) groups is 1. The van der Waals surface area contributed by atoms with Gasteiger partial charge in [-0.15, -0.1) is 0 Å². The number of carbonyl (C=O) groups excluding carboxylic acids is 1. The Hall–Kier alpha value is -1.60. The summed E-state index contributed by atoms with van der Waals surface area (Å²) in [7, 11) is 0. The largest absolute Gasteiger partial charge is 0.480 e. The molecule has 0 saturated carbocycles. The Balaban J connectivity index is 2.36. The first-order chi connectivity index (χ1) is 10.3. The molecule has 0 spiro atoms. The van der Waals surface area contributed by atoms with Gasteiger partial charge in [0.05, 0.1) is 6.54 Å². The van der Waals surface area contributed by atoms with Gasteiger partial charge in [-0.3, -0.25) is 19.9 Å². The number of hydrogen-bond donors (Lipinski definition) is 2. The predicted octanol–water partition coefficient (Wildman–Crippen LogP) is 1.70. The quantitative estimate of drug-likeness (QED) is 0.703. The molecule has 0 unspecified atom stereocenters. The van der Waals surface area contributed by atoms with Gasteiger partial charge in [-0.25, -0.2) is 0 Å². The first-order valence-corrected chi connectivity index (χ1v) is 8.08. The lowest BCUT2D eigenvalue weighted by atomic mass is 10.2.